The summed E-state index contributed by atoms with van der Waals surface area (Å²) in [5.41, 5.74) is 1.92. The number of fused-ring (bicyclic) bond motifs is 3. The Balaban J connectivity index is 1.87. The van der Waals surface area contributed by atoms with Crippen LogP contribution in [0.2, 0.25) is 0 Å². The van der Waals surface area contributed by atoms with Crippen LogP contribution >= 0.6 is 11.8 Å². The minimum atomic E-state index is -0.765. The number of nitrogens with one attached hydrogen (secondary N) is 1. The number of thioether (sulfide) groups is 1. The standard InChI is InChI=1S/C27H30N4O6S/c1-5-14-38-27-28-25(34)24-19-10-8-9-11-20(19)30(17(4)32)26(31(24)29-27)18-12-13-21(22(15-18)35-6-2)37-16-23(33)36-7-3/h8-13,15,26H,5-7,14,16H2,1-4H3/p+1/t26-/m0/s1. The van der Waals surface area contributed by atoms with Gasteiger partial charge in [0, 0.05) is 23.3 Å². The highest BCUT2D eigenvalue weighted by Crippen LogP contribution is 2.39. The van der Waals surface area contributed by atoms with E-state index in [4.69, 9.17) is 19.3 Å². The number of para-hydroxylation sites is 1. The Bertz CT molecular complexity index is 1390. The maximum absolute atomic E-state index is 13.4. The molecule has 1 aliphatic rings. The van der Waals surface area contributed by atoms with Crippen molar-refractivity contribution in [2.24, 2.45) is 0 Å². The van der Waals surface area contributed by atoms with Crippen LogP contribution < -0.4 is 24.6 Å². The average Bonchev–Trinajstić information content (AvgIpc) is 2.90. The molecule has 10 nitrogen and oxygen atoms in total. The smallest absolute Gasteiger partial charge is 0.344 e. The number of hydrogen-bond donors (Lipinski definition) is 1. The van der Waals surface area contributed by atoms with Crippen molar-refractivity contribution >= 4 is 29.3 Å². The fourth-order valence-corrected chi connectivity index (χ4v) is 5.00. The monoisotopic (exact) mass is 539 g/mol. The van der Waals surface area contributed by atoms with Crippen LogP contribution in [0.5, 0.6) is 11.5 Å². The molecule has 2 aromatic carbocycles. The molecule has 1 aromatic heterocycles. The van der Waals surface area contributed by atoms with E-state index in [-0.39, 0.29) is 24.7 Å². The molecule has 0 aliphatic carbocycles. The number of rotatable bonds is 10. The van der Waals surface area contributed by atoms with Gasteiger partial charge in [0.1, 0.15) is 0 Å². The highest BCUT2D eigenvalue weighted by molar-refractivity contribution is 7.99. The maximum atomic E-state index is 13.4. The summed E-state index contributed by atoms with van der Waals surface area (Å²) >= 11 is 1.44. The second-order valence-corrected chi connectivity index (χ2v) is 9.50. The molecule has 200 valence electrons. The van der Waals surface area contributed by atoms with E-state index in [2.05, 4.69) is 4.98 Å². The molecule has 0 radical (unpaired) electrons. The summed E-state index contributed by atoms with van der Waals surface area (Å²) in [6.45, 7) is 7.43. The number of aromatic nitrogens is 3. The Morgan fingerprint density at radius 3 is 2.58 bits per heavy atom. The van der Waals surface area contributed by atoms with Gasteiger partial charge in [0.05, 0.1) is 24.5 Å². The zero-order chi connectivity index (χ0) is 27.2. The molecular weight excluding hydrogens is 508 g/mol. The predicted octanol–water partition coefficient (Wildman–Crippen LogP) is 3.48. The third kappa shape index (κ3) is 5.52. The number of ether oxygens (including phenoxy) is 3. The summed E-state index contributed by atoms with van der Waals surface area (Å²) in [5.74, 6) is 0.824. The van der Waals surface area contributed by atoms with Crippen molar-refractivity contribution in [1.29, 1.82) is 0 Å². The lowest BCUT2D eigenvalue weighted by Gasteiger charge is -2.31. The van der Waals surface area contributed by atoms with E-state index in [0.717, 1.165) is 12.2 Å². The van der Waals surface area contributed by atoms with Gasteiger partial charge in [-0.05, 0) is 55.3 Å². The second-order valence-electron chi connectivity index (χ2n) is 8.41. The summed E-state index contributed by atoms with van der Waals surface area (Å²) in [4.78, 5) is 42.8. The molecule has 38 heavy (non-hydrogen) atoms. The average molecular weight is 540 g/mol. The number of nitrogens with zero attached hydrogens (tertiary/aromatic N) is 3. The maximum Gasteiger partial charge on any atom is 0.344 e. The SMILES string of the molecule is CCCSc1n[n+]2c(c(=O)[nH]1)-c1ccccc1N(C(C)=O)[C@@H]2c1ccc(OCC(=O)OCC)c(OCC)c1. The molecule has 3 aromatic rings. The van der Waals surface area contributed by atoms with Gasteiger partial charge in [-0.25, -0.2) is 9.69 Å². The molecule has 2 heterocycles. The molecule has 0 fully saturated rings. The Labute approximate surface area is 224 Å². The zero-order valence-corrected chi connectivity index (χ0v) is 22.7. The van der Waals surface area contributed by atoms with Crippen molar-refractivity contribution in [2.75, 3.05) is 30.5 Å². The highest BCUT2D eigenvalue weighted by atomic mass is 32.2. The van der Waals surface area contributed by atoms with Crippen molar-refractivity contribution in [3.63, 3.8) is 0 Å². The van der Waals surface area contributed by atoms with Gasteiger partial charge in [0.25, 0.3) is 6.17 Å². The summed E-state index contributed by atoms with van der Waals surface area (Å²) in [7, 11) is 0. The fourth-order valence-electron chi connectivity index (χ4n) is 4.29. The first-order valence-corrected chi connectivity index (χ1v) is 13.5. The van der Waals surface area contributed by atoms with Crippen LogP contribution in [0.4, 0.5) is 5.69 Å². The normalized spacial score (nSPS) is 13.9. The molecule has 11 heteroatoms. The van der Waals surface area contributed by atoms with E-state index in [1.165, 1.54) is 18.7 Å². The molecule has 1 N–H and O–H groups in total. The number of hydrogen-bond acceptors (Lipinski definition) is 8. The van der Waals surface area contributed by atoms with E-state index >= 15 is 0 Å². The zero-order valence-electron chi connectivity index (χ0n) is 21.9. The van der Waals surface area contributed by atoms with E-state index in [1.807, 2.05) is 32.0 Å². The first-order valence-electron chi connectivity index (χ1n) is 12.5. The summed E-state index contributed by atoms with van der Waals surface area (Å²) < 4.78 is 18.1. The van der Waals surface area contributed by atoms with E-state index in [1.54, 1.807) is 40.8 Å². The number of amides is 1. The lowest BCUT2D eigenvalue weighted by Crippen LogP contribution is -2.60. The lowest BCUT2D eigenvalue weighted by atomic mass is 10.0. The Kier molecular flexibility index (Phi) is 8.67. The number of anilines is 1. The van der Waals surface area contributed by atoms with E-state index in [0.29, 0.717) is 45.8 Å². The van der Waals surface area contributed by atoms with Crippen LogP contribution in [0.15, 0.2) is 52.4 Å². The first kappa shape index (κ1) is 27.2. The molecule has 0 spiro atoms. The van der Waals surface area contributed by atoms with Crippen LogP contribution in [0.3, 0.4) is 0 Å². The number of benzene rings is 2. The van der Waals surface area contributed by atoms with E-state index < -0.39 is 12.1 Å². The molecule has 1 aliphatic heterocycles. The topological polar surface area (TPSA) is 115 Å². The van der Waals surface area contributed by atoms with Crippen molar-refractivity contribution in [3.8, 4) is 22.8 Å². The van der Waals surface area contributed by atoms with Gasteiger partial charge in [0.2, 0.25) is 11.1 Å². The van der Waals surface area contributed by atoms with Crippen LogP contribution in [-0.4, -0.2) is 47.5 Å². The molecule has 0 bridgehead atoms. The molecule has 0 saturated carbocycles. The minimum Gasteiger partial charge on any atom is -0.490 e. The summed E-state index contributed by atoms with van der Waals surface area (Å²) in [6, 6.07) is 12.5. The summed E-state index contributed by atoms with van der Waals surface area (Å²) in [5, 5.41) is 5.24. The van der Waals surface area contributed by atoms with Gasteiger partial charge in [-0.2, -0.15) is 0 Å². The Hall–Kier alpha value is -3.86. The number of esters is 1. The number of H-pyrrole nitrogens is 1. The Morgan fingerprint density at radius 2 is 1.87 bits per heavy atom. The minimum absolute atomic E-state index is 0.217. The third-order valence-corrected chi connectivity index (χ3v) is 6.83. The van der Waals surface area contributed by atoms with Gasteiger partial charge in [-0.1, -0.05) is 30.8 Å². The lowest BCUT2D eigenvalue weighted by molar-refractivity contribution is -0.763. The van der Waals surface area contributed by atoms with Crippen LogP contribution in [-0.2, 0) is 14.3 Å². The summed E-state index contributed by atoms with van der Waals surface area (Å²) in [6.07, 6.45) is 0.145. The van der Waals surface area contributed by atoms with Gasteiger partial charge in [-0.15, -0.1) is 0 Å². The van der Waals surface area contributed by atoms with Gasteiger partial charge >= 0.3 is 17.2 Å². The first-order chi connectivity index (χ1) is 18.4. The predicted molar refractivity (Wildman–Crippen MR) is 143 cm³/mol. The van der Waals surface area contributed by atoms with Crippen molar-refractivity contribution in [1.82, 2.24) is 10.1 Å². The molecule has 0 unspecified atom stereocenters. The van der Waals surface area contributed by atoms with Crippen LogP contribution in [0.1, 0.15) is 45.8 Å². The fraction of sp³-hybridized carbons (Fsp3) is 0.370. The van der Waals surface area contributed by atoms with Gasteiger partial charge < -0.3 is 14.2 Å². The second kappa shape index (κ2) is 12.1. The molecular formula is C27H31N4O6S+. The van der Waals surface area contributed by atoms with Gasteiger partial charge in [0.15, 0.2) is 18.1 Å². The largest absolute Gasteiger partial charge is 0.490 e. The van der Waals surface area contributed by atoms with Crippen LogP contribution in [0.25, 0.3) is 11.3 Å². The van der Waals surface area contributed by atoms with Crippen molar-refractivity contribution in [3.05, 3.63) is 58.4 Å². The van der Waals surface area contributed by atoms with E-state index in [9.17, 15) is 14.4 Å². The van der Waals surface area contributed by atoms with Crippen molar-refractivity contribution in [2.45, 2.75) is 45.4 Å². The molecule has 1 amide bonds. The number of aromatic amines is 1. The number of carbonyl (C=O) groups excluding carboxylic acids is 2. The van der Waals surface area contributed by atoms with Crippen LogP contribution in [0, 0.1) is 0 Å². The Morgan fingerprint density at radius 1 is 1.08 bits per heavy atom. The quantitative estimate of drug-likeness (QED) is 0.237. The number of carbonyl (C=O) groups is 2. The third-order valence-electron chi connectivity index (χ3n) is 5.76. The molecule has 4 rings (SSSR count). The van der Waals surface area contributed by atoms with Gasteiger partial charge in [-0.3, -0.25) is 14.6 Å². The molecule has 0 saturated heterocycles. The highest BCUT2D eigenvalue weighted by Gasteiger charge is 2.45. The molecule has 1 atom stereocenters. The van der Waals surface area contributed by atoms with Crippen molar-refractivity contribution < 1.29 is 28.5 Å².